The van der Waals surface area contributed by atoms with Crippen molar-refractivity contribution in [3.63, 3.8) is 0 Å². The molecule has 0 bridgehead atoms. The van der Waals surface area contributed by atoms with Crippen LogP contribution in [0.1, 0.15) is 5.56 Å². The van der Waals surface area contributed by atoms with Gasteiger partial charge in [0.15, 0.2) is 6.10 Å². The van der Waals surface area contributed by atoms with Gasteiger partial charge in [-0.2, -0.15) is 13.2 Å². The van der Waals surface area contributed by atoms with Crippen molar-refractivity contribution in [3.05, 3.63) is 35.9 Å². The van der Waals surface area contributed by atoms with Crippen molar-refractivity contribution < 1.29 is 23.2 Å². The third-order valence-corrected chi connectivity index (χ3v) is 2.53. The van der Waals surface area contributed by atoms with Gasteiger partial charge in [-0.1, -0.05) is 40.6 Å². The van der Waals surface area contributed by atoms with E-state index in [-0.39, 0.29) is 5.71 Å². The molecule has 1 heterocycles. The van der Waals surface area contributed by atoms with Gasteiger partial charge in [0.05, 0.1) is 6.21 Å². The average molecular weight is 258 g/mol. The van der Waals surface area contributed by atoms with Crippen LogP contribution in [0, 0.1) is 5.92 Å². The lowest BCUT2D eigenvalue weighted by Crippen LogP contribution is -2.38. The molecule has 0 fully saturated rings. The maximum absolute atomic E-state index is 13.0. The summed E-state index contributed by atoms with van der Waals surface area (Å²) in [6.45, 7) is 0. The molecule has 0 aliphatic carbocycles. The maximum atomic E-state index is 13.0. The summed E-state index contributed by atoms with van der Waals surface area (Å²) >= 11 is 0. The quantitative estimate of drug-likeness (QED) is 0.503. The highest BCUT2D eigenvalue weighted by Gasteiger charge is 2.52. The van der Waals surface area contributed by atoms with E-state index in [2.05, 4.69) is 15.1 Å². The first kappa shape index (κ1) is 12.4. The largest absolute Gasteiger partial charge is 0.411 e. The fourth-order valence-electron chi connectivity index (χ4n) is 1.75. The SMILES string of the molecule is ON=CC1ON=C(c2ccccc2)C1C(F)(F)F. The number of rotatable bonds is 2. The van der Waals surface area contributed by atoms with Crippen molar-refractivity contribution in [3.8, 4) is 0 Å². The Kier molecular flexibility index (Phi) is 3.22. The van der Waals surface area contributed by atoms with Gasteiger partial charge in [-0.3, -0.25) is 0 Å². The molecule has 1 aliphatic heterocycles. The highest BCUT2D eigenvalue weighted by molar-refractivity contribution is 6.05. The minimum absolute atomic E-state index is 0.215. The predicted octanol–water partition coefficient (Wildman–Crippen LogP) is 2.43. The van der Waals surface area contributed by atoms with Crippen LogP contribution in [0.15, 0.2) is 40.6 Å². The third-order valence-electron chi connectivity index (χ3n) is 2.53. The molecule has 1 aromatic carbocycles. The van der Waals surface area contributed by atoms with Crippen molar-refractivity contribution in [1.82, 2.24) is 0 Å². The van der Waals surface area contributed by atoms with Gasteiger partial charge in [-0.15, -0.1) is 0 Å². The molecule has 0 aromatic heterocycles. The number of halogens is 3. The Hall–Kier alpha value is -2.05. The van der Waals surface area contributed by atoms with E-state index in [0.717, 1.165) is 0 Å². The number of nitrogens with zero attached hydrogens (tertiary/aromatic N) is 2. The summed E-state index contributed by atoms with van der Waals surface area (Å²) in [5.41, 5.74) is 0.113. The zero-order valence-electron chi connectivity index (χ0n) is 9.00. The van der Waals surface area contributed by atoms with Crippen LogP contribution in [0.5, 0.6) is 0 Å². The minimum Gasteiger partial charge on any atom is -0.411 e. The summed E-state index contributed by atoms with van der Waals surface area (Å²) in [5, 5.41) is 14.4. The molecule has 1 aliphatic rings. The first-order valence-corrected chi connectivity index (χ1v) is 5.07. The average Bonchev–Trinajstić information content (AvgIpc) is 2.74. The summed E-state index contributed by atoms with van der Waals surface area (Å²) in [4.78, 5) is 4.66. The molecule has 1 aromatic rings. The zero-order chi connectivity index (χ0) is 13.2. The van der Waals surface area contributed by atoms with Crippen molar-refractivity contribution in [1.29, 1.82) is 0 Å². The lowest BCUT2D eigenvalue weighted by molar-refractivity contribution is -0.167. The Balaban J connectivity index is 2.36. The Morgan fingerprint density at radius 1 is 1.28 bits per heavy atom. The van der Waals surface area contributed by atoms with E-state index in [1.807, 2.05) is 0 Å². The van der Waals surface area contributed by atoms with E-state index < -0.39 is 18.2 Å². The minimum atomic E-state index is -4.53. The van der Waals surface area contributed by atoms with E-state index in [0.29, 0.717) is 11.8 Å². The summed E-state index contributed by atoms with van der Waals surface area (Å²) in [7, 11) is 0. The predicted molar refractivity (Wildman–Crippen MR) is 57.7 cm³/mol. The highest BCUT2D eigenvalue weighted by Crippen LogP contribution is 2.36. The van der Waals surface area contributed by atoms with Crippen LogP contribution in [-0.4, -0.2) is 29.4 Å². The van der Waals surface area contributed by atoms with Gasteiger partial charge in [0.1, 0.15) is 11.6 Å². The highest BCUT2D eigenvalue weighted by atomic mass is 19.4. The molecule has 4 nitrogen and oxygen atoms in total. The van der Waals surface area contributed by atoms with Crippen molar-refractivity contribution in [2.75, 3.05) is 0 Å². The molecule has 0 amide bonds. The summed E-state index contributed by atoms with van der Waals surface area (Å²) in [5.74, 6) is -1.93. The molecule has 96 valence electrons. The molecule has 0 spiro atoms. The standard InChI is InChI=1S/C11H9F3N2O2/c12-11(13,14)9-8(6-15-17)18-16-10(9)7-4-2-1-3-5-7/h1-6,8-9,17H. The maximum Gasteiger partial charge on any atom is 0.401 e. The van der Waals surface area contributed by atoms with E-state index in [4.69, 9.17) is 5.21 Å². The zero-order valence-corrected chi connectivity index (χ0v) is 9.00. The summed E-state index contributed by atoms with van der Waals surface area (Å²) in [6, 6.07) is 7.94. The molecule has 0 saturated heterocycles. The molecule has 0 radical (unpaired) electrons. The van der Waals surface area contributed by atoms with Crippen LogP contribution >= 0.6 is 0 Å². The van der Waals surface area contributed by atoms with Gasteiger partial charge in [0.25, 0.3) is 0 Å². The molecular formula is C11H9F3N2O2. The lowest BCUT2D eigenvalue weighted by atomic mass is 9.92. The number of oxime groups is 2. The van der Waals surface area contributed by atoms with Crippen LogP contribution in [-0.2, 0) is 4.84 Å². The van der Waals surface area contributed by atoms with Gasteiger partial charge < -0.3 is 10.0 Å². The third kappa shape index (κ3) is 2.29. The van der Waals surface area contributed by atoms with Crippen LogP contribution in [0.4, 0.5) is 13.2 Å². The van der Waals surface area contributed by atoms with Crippen LogP contribution in [0.2, 0.25) is 0 Å². The Labute approximate surface area is 100 Å². The summed E-state index contributed by atoms with van der Waals surface area (Å²) in [6.07, 6.45) is -5.29. The van der Waals surface area contributed by atoms with Gasteiger partial charge in [0, 0.05) is 5.56 Å². The normalized spacial score (nSPS) is 24.1. The number of hydrogen-bond acceptors (Lipinski definition) is 4. The summed E-state index contributed by atoms with van der Waals surface area (Å²) < 4.78 is 38.9. The van der Waals surface area contributed by atoms with Crippen molar-refractivity contribution >= 4 is 11.9 Å². The fourth-order valence-corrected chi connectivity index (χ4v) is 1.75. The smallest absolute Gasteiger partial charge is 0.401 e. The Morgan fingerprint density at radius 3 is 2.50 bits per heavy atom. The lowest BCUT2D eigenvalue weighted by Gasteiger charge is -2.18. The number of benzene rings is 1. The van der Waals surface area contributed by atoms with Gasteiger partial charge in [-0.05, 0) is 0 Å². The molecular weight excluding hydrogens is 249 g/mol. The molecule has 2 unspecified atom stereocenters. The molecule has 0 saturated carbocycles. The first-order chi connectivity index (χ1) is 8.54. The van der Waals surface area contributed by atoms with Crippen molar-refractivity contribution in [2.24, 2.45) is 16.2 Å². The van der Waals surface area contributed by atoms with E-state index >= 15 is 0 Å². The van der Waals surface area contributed by atoms with Crippen molar-refractivity contribution in [2.45, 2.75) is 12.3 Å². The van der Waals surface area contributed by atoms with Gasteiger partial charge >= 0.3 is 6.18 Å². The molecule has 1 N–H and O–H groups in total. The Bertz CT molecular complexity index is 471. The second-order valence-corrected chi connectivity index (χ2v) is 3.70. The monoisotopic (exact) mass is 258 g/mol. The van der Waals surface area contributed by atoms with E-state index in [1.165, 1.54) is 12.1 Å². The first-order valence-electron chi connectivity index (χ1n) is 5.07. The number of hydrogen-bond donors (Lipinski definition) is 1. The van der Waals surface area contributed by atoms with E-state index in [9.17, 15) is 13.2 Å². The van der Waals surface area contributed by atoms with Crippen LogP contribution in [0.3, 0.4) is 0 Å². The fraction of sp³-hybridized carbons (Fsp3) is 0.273. The topological polar surface area (TPSA) is 54.2 Å². The molecule has 18 heavy (non-hydrogen) atoms. The second kappa shape index (κ2) is 4.67. The van der Waals surface area contributed by atoms with Crippen LogP contribution in [0.25, 0.3) is 0 Å². The second-order valence-electron chi connectivity index (χ2n) is 3.70. The van der Waals surface area contributed by atoms with Gasteiger partial charge in [-0.25, -0.2) is 0 Å². The van der Waals surface area contributed by atoms with E-state index in [1.54, 1.807) is 18.2 Å². The number of alkyl halides is 3. The molecule has 7 heteroatoms. The van der Waals surface area contributed by atoms with Crippen LogP contribution < -0.4 is 0 Å². The molecule has 2 rings (SSSR count). The Morgan fingerprint density at radius 2 is 1.94 bits per heavy atom. The van der Waals surface area contributed by atoms with Gasteiger partial charge in [0.2, 0.25) is 0 Å². The molecule has 2 atom stereocenters.